The van der Waals surface area contributed by atoms with E-state index < -0.39 is 5.79 Å². The van der Waals surface area contributed by atoms with E-state index >= 15 is 0 Å². The van der Waals surface area contributed by atoms with Crippen molar-refractivity contribution in [1.82, 2.24) is 0 Å². The minimum absolute atomic E-state index is 0.266. The number of carbonyl (C=O) groups is 1. The zero-order chi connectivity index (χ0) is 9.19. The largest absolute Gasteiger partial charge is 0.433 e. The Hall–Kier alpha value is -0.570. The third kappa shape index (κ3) is 1.78. The number of carbonyl (C=O) groups excluding carboxylic acids is 1. The molecule has 0 aromatic rings. The molecule has 0 bridgehead atoms. The van der Waals surface area contributed by atoms with E-state index in [2.05, 4.69) is 6.92 Å². The van der Waals surface area contributed by atoms with Gasteiger partial charge in [0.05, 0.1) is 6.61 Å². The summed E-state index contributed by atoms with van der Waals surface area (Å²) in [6, 6.07) is 0. The van der Waals surface area contributed by atoms with Crippen LogP contribution in [0.2, 0.25) is 0 Å². The smallest absolute Gasteiger partial charge is 0.305 e. The molecule has 0 N–H and O–H groups in total. The first kappa shape index (κ1) is 9.52. The van der Waals surface area contributed by atoms with E-state index in [1.165, 1.54) is 6.92 Å². The number of esters is 1. The first-order chi connectivity index (χ1) is 5.58. The Bertz CT molecular complexity index is 179. The molecule has 0 spiro atoms. The summed E-state index contributed by atoms with van der Waals surface area (Å²) in [5, 5.41) is 0. The van der Waals surface area contributed by atoms with Gasteiger partial charge < -0.3 is 9.47 Å². The Morgan fingerprint density at radius 2 is 2.42 bits per heavy atom. The summed E-state index contributed by atoms with van der Waals surface area (Å²) in [5.74, 6) is -0.583. The van der Waals surface area contributed by atoms with Crippen LogP contribution in [0.3, 0.4) is 0 Å². The third-order valence-electron chi connectivity index (χ3n) is 2.44. The lowest BCUT2D eigenvalue weighted by molar-refractivity contribution is -0.217. The molecule has 2 unspecified atom stereocenters. The lowest BCUT2D eigenvalue weighted by atomic mass is 9.96. The van der Waals surface area contributed by atoms with Gasteiger partial charge in [-0.1, -0.05) is 6.92 Å². The molecule has 0 saturated carbocycles. The van der Waals surface area contributed by atoms with Crippen LogP contribution in [0.25, 0.3) is 0 Å². The van der Waals surface area contributed by atoms with Gasteiger partial charge >= 0.3 is 5.97 Å². The molecule has 2 atom stereocenters. The average molecular weight is 172 g/mol. The number of ether oxygens (including phenoxy) is 2. The van der Waals surface area contributed by atoms with E-state index in [0.717, 1.165) is 12.8 Å². The molecule has 0 aromatic carbocycles. The van der Waals surface area contributed by atoms with Crippen molar-refractivity contribution in [2.75, 3.05) is 6.61 Å². The SMILES string of the molecule is CCC1CCOC1(C)OC(C)=O. The minimum Gasteiger partial charge on any atom is -0.433 e. The van der Waals surface area contributed by atoms with Crippen molar-refractivity contribution in [3.05, 3.63) is 0 Å². The van der Waals surface area contributed by atoms with Gasteiger partial charge in [0, 0.05) is 19.8 Å². The molecular weight excluding hydrogens is 156 g/mol. The van der Waals surface area contributed by atoms with Gasteiger partial charge in [-0.3, -0.25) is 4.79 Å². The summed E-state index contributed by atoms with van der Waals surface area (Å²) in [7, 11) is 0. The van der Waals surface area contributed by atoms with Crippen LogP contribution in [0, 0.1) is 5.92 Å². The lowest BCUT2D eigenvalue weighted by Crippen LogP contribution is -2.36. The van der Waals surface area contributed by atoms with Crippen molar-refractivity contribution in [3.63, 3.8) is 0 Å². The standard InChI is InChI=1S/C9H16O3/c1-4-8-5-6-11-9(8,3)12-7(2)10/h8H,4-6H2,1-3H3. The van der Waals surface area contributed by atoms with E-state index in [-0.39, 0.29) is 5.97 Å². The summed E-state index contributed by atoms with van der Waals surface area (Å²) in [5.41, 5.74) is 0. The fraction of sp³-hybridized carbons (Fsp3) is 0.889. The molecular formula is C9H16O3. The second-order valence-electron chi connectivity index (χ2n) is 3.35. The summed E-state index contributed by atoms with van der Waals surface area (Å²) in [6.45, 7) is 6.04. The number of hydrogen-bond acceptors (Lipinski definition) is 3. The van der Waals surface area contributed by atoms with E-state index in [1.807, 2.05) is 6.92 Å². The number of hydrogen-bond donors (Lipinski definition) is 0. The highest BCUT2D eigenvalue weighted by molar-refractivity contribution is 5.66. The van der Waals surface area contributed by atoms with Gasteiger partial charge in [-0.05, 0) is 12.8 Å². The predicted octanol–water partition coefficient (Wildman–Crippen LogP) is 1.71. The topological polar surface area (TPSA) is 35.5 Å². The van der Waals surface area contributed by atoms with Crippen LogP contribution < -0.4 is 0 Å². The van der Waals surface area contributed by atoms with Crippen molar-refractivity contribution in [2.45, 2.75) is 39.4 Å². The van der Waals surface area contributed by atoms with Crippen molar-refractivity contribution in [3.8, 4) is 0 Å². The molecule has 1 heterocycles. The Morgan fingerprint density at radius 3 is 2.92 bits per heavy atom. The van der Waals surface area contributed by atoms with Gasteiger partial charge in [-0.15, -0.1) is 0 Å². The maximum Gasteiger partial charge on any atom is 0.305 e. The molecule has 0 aromatic heterocycles. The Labute approximate surface area is 73.0 Å². The summed E-state index contributed by atoms with van der Waals surface area (Å²) >= 11 is 0. The van der Waals surface area contributed by atoms with Crippen LogP contribution in [0.15, 0.2) is 0 Å². The van der Waals surface area contributed by atoms with Crippen LogP contribution in [-0.2, 0) is 14.3 Å². The van der Waals surface area contributed by atoms with Crippen LogP contribution in [-0.4, -0.2) is 18.4 Å². The lowest BCUT2D eigenvalue weighted by Gasteiger charge is -2.28. The van der Waals surface area contributed by atoms with Crippen LogP contribution >= 0.6 is 0 Å². The van der Waals surface area contributed by atoms with Crippen molar-refractivity contribution < 1.29 is 14.3 Å². The summed E-state index contributed by atoms with van der Waals surface area (Å²) in [4.78, 5) is 10.8. The first-order valence-electron chi connectivity index (χ1n) is 4.42. The molecule has 1 fully saturated rings. The molecule has 1 saturated heterocycles. The molecule has 1 aliphatic heterocycles. The normalized spacial score (nSPS) is 35.1. The molecule has 12 heavy (non-hydrogen) atoms. The summed E-state index contributed by atoms with van der Waals surface area (Å²) in [6.07, 6.45) is 1.98. The van der Waals surface area contributed by atoms with E-state index in [1.54, 1.807) is 0 Å². The highest BCUT2D eigenvalue weighted by atomic mass is 16.7. The van der Waals surface area contributed by atoms with Crippen LogP contribution in [0.5, 0.6) is 0 Å². The van der Waals surface area contributed by atoms with Crippen LogP contribution in [0.1, 0.15) is 33.6 Å². The molecule has 1 rings (SSSR count). The molecule has 70 valence electrons. The highest BCUT2D eigenvalue weighted by Crippen LogP contribution is 2.35. The van der Waals surface area contributed by atoms with Gasteiger partial charge in [0.1, 0.15) is 0 Å². The first-order valence-corrected chi connectivity index (χ1v) is 4.42. The fourth-order valence-electron chi connectivity index (χ4n) is 1.76. The maximum atomic E-state index is 10.8. The van der Waals surface area contributed by atoms with Crippen molar-refractivity contribution >= 4 is 5.97 Å². The van der Waals surface area contributed by atoms with Gasteiger partial charge in [-0.25, -0.2) is 0 Å². The Balaban J connectivity index is 2.61. The highest BCUT2D eigenvalue weighted by Gasteiger charge is 2.41. The molecule has 0 radical (unpaired) electrons. The zero-order valence-electron chi connectivity index (χ0n) is 7.92. The quantitative estimate of drug-likeness (QED) is 0.595. The second-order valence-corrected chi connectivity index (χ2v) is 3.35. The van der Waals surface area contributed by atoms with Gasteiger partial charge in [0.15, 0.2) is 0 Å². The third-order valence-corrected chi connectivity index (χ3v) is 2.44. The molecule has 1 aliphatic rings. The van der Waals surface area contributed by atoms with Gasteiger partial charge in [0.2, 0.25) is 5.79 Å². The maximum absolute atomic E-state index is 10.8. The summed E-state index contributed by atoms with van der Waals surface area (Å²) < 4.78 is 10.6. The molecule has 3 nitrogen and oxygen atoms in total. The van der Waals surface area contributed by atoms with E-state index in [9.17, 15) is 4.79 Å². The van der Waals surface area contributed by atoms with Gasteiger partial charge in [0.25, 0.3) is 0 Å². The fourth-order valence-corrected chi connectivity index (χ4v) is 1.76. The van der Waals surface area contributed by atoms with Crippen molar-refractivity contribution in [1.29, 1.82) is 0 Å². The van der Waals surface area contributed by atoms with E-state index in [0.29, 0.717) is 12.5 Å². The van der Waals surface area contributed by atoms with Gasteiger partial charge in [-0.2, -0.15) is 0 Å². The van der Waals surface area contributed by atoms with Crippen molar-refractivity contribution in [2.24, 2.45) is 5.92 Å². The minimum atomic E-state index is -0.666. The predicted molar refractivity (Wildman–Crippen MR) is 44.5 cm³/mol. The Kier molecular flexibility index (Phi) is 2.73. The molecule has 0 amide bonds. The van der Waals surface area contributed by atoms with E-state index in [4.69, 9.17) is 9.47 Å². The van der Waals surface area contributed by atoms with Crippen LogP contribution in [0.4, 0.5) is 0 Å². The Morgan fingerprint density at radius 1 is 1.75 bits per heavy atom. The monoisotopic (exact) mass is 172 g/mol. The zero-order valence-corrected chi connectivity index (χ0v) is 7.92. The second kappa shape index (κ2) is 3.44. The average Bonchev–Trinajstić information content (AvgIpc) is 2.28. The molecule has 3 heteroatoms. The number of rotatable bonds is 2. The molecule has 0 aliphatic carbocycles.